The number of alkyl halides is 3. The van der Waals surface area contributed by atoms with Gasteiger partial charge in [0.2, 0.25) is 5.60 Å². The molecule has 9 nitrogen and oxygen atoms in total. The maximum Gasteiger partial charge on any atom is 0.424 e. The minimum absolute atomic E-state index is 0.00386. The Labute approximate surface area is 232 Å². The summed E-state index contributed by atoms with van der Waals surface area (Å²) in [7, 11) is 1.39. The van der Waals surface area contributed by atoms with Crippen LogP contribution in [0.15, 0.2) is 42.6 Å². The number of amides is 1. The zero-order chi connectivity index (χ0) is 28.9. The lowest BCUT2D eigenvalue weighted by Gasteiger charge is -2.31. The van der Waals surface area contributed by atoms with E-state index in [9.17, 15) is 23.1 Å². The van der Waals surface area contributed by atoms with E-state index in [0.29, 0.717) is 11.3 Å². The van der Waals surface area contributed by atoms with E-state index in [4.69, 9.17) is 31.5 Å². The highest BCUT2D eigenvalue weighted by Crippen LogP contribution is 2.46. The lowest BCUT2D eigenvalue weighted by atomic mass is 9.89. The van der Waals surface area contributed by atoms with Crippen LogP contribution in [0.25, 0.3) is 11.3 Å². The van der Waals surface area contributed by atoms with Crippen molar-refractivity contribution in [2.75, 3.05) is 20.3 Å². The first-order chi connectivity index (χ1) is 18.8. The summed E-state index contributed by atoms with van der Waals surface area (Å²) < 4.78 is 60.2. The topological polar surface area (TPSA) is 129 Å². The number of hydrogen-bond donors (Lipinski definition) is 3. The molecule has 0 radical (unpaired) electrons. The normalized spacial score (nSPS) is 19.8. The molecule has 2 aromatic heterocycles. The van der Waals surface area contributed by atoms with Gasteiger partial charge in [-0.1, -0.05) is 11.6 Å². The SMILES string of the molecule is COc1cc(C(=O)NCC(O)(c2cc3c(c(-c4ccc(Cl)nc4)n2)OCC3(C)N)C(F)(F)F)ccc1OC1CC1. The van der Waals surface area contributed by atoms with Crippen molar-refractivity contribution >= 4 is 17.5 Å². The number of aliphatic hydroxyl groups is 1. The number of carbonyl (C=O) groups is 1. The molecule has 0 spiro atoms. The molecule has 3 aromatic rings. The summed E-state index contributed by atoms with van der Waals surface area (Å²) in [5.74, 6) is -0.0115. The number of nitrogens with two attached hydrogens (primary N) is 1. The molecule has 1 fully saturated rings. The Morgan fingerprint density at radius 2 is 2.00 bits per heavy atom. The summed E-state index contributed by atoms with van der Waals surface area (Å²) in [6.45, 7) is 0.333. The average Bonchev–Trinajstić information content (AvgIpc) is 3.68. The molecular formula is C27H26ClF3N4O5. The number of ether oxygens (including phenoxy) is 3. The van der Waals surface area contributed by atoms with Crippen LogP contribution in [0.3, 0.4) is 0 Å². The maximum absolute atomic E-state index is 14.5. The van der Waals surface area contributed by atoms with Gasteiger partial charge in [0, 0.05) is 22.9 Å². The van der Waals surface area contributed by atoms with Crippen molar-refractivity contribution in [3.63, 3.8) is 0 Å². The van der Waals surface area contributed by atoms with Crippen molar-refractivity contribution in [2.24, 2.45) is 5.73 Å². The van der Waals surface area contributed by atoms with Crippen LogP contribution in [-0.2, 0) is 11.1 Å². The molecule has 1 saturated carbocycles. The highest BCUT2D eigenvalue weighted by Gasteiger charge is 2.57. The third-order valence-electron chi connectivity index (χ3n) is 6.75. The van der Waals surface area contributed by atoms with E-state index in [1.54, 1.807) is 6.92 Å². The zero-order valence-electron chi connectivity index (χ0n) is 21.5. The molecule has 2 aliphatic rings. The van der Waals surface area contributed by atoms with Gasteiger partial charge in [-0.15, -0.1) is 0 Å². The summed E-state index contributed by atoms with van der Waals surface area (Å²) in [5, 5.41) is 13.5. The third kappa shape index (κ3) is 5.26. The smallest absolute Gasteiger partial charge is 0.424 e. The van der Waals surface area contributed by atoms with Gasteiger partial charge in [0.15, 0.2) is 17.2 Å². The van der Waals surface area contributed by atoms with Gasteiger partial charge in [-0.25, -0.2) is 9.97 Å². The number of rotatable bonds is 8. The molecule has 4 N–H and O–H groups in total. The van der Waals surface area contributed by atoms with Crippen LogP contribution in [0.4, 0.5) is 13.2 Å². The maximum atomic E-state index is 14.5. The van der Waals surface area contributed by atoms with E-state index >= 15 is 0 Å². The minimum atomic E-state index is -5.23. The molecule has 13 heteroatoms. The zero-order valence-corrected chi connectivity index (χ0v) is 22.3. The average molecular weight is 579 g/mol. The fourth-order valence-electron chi connectivity index (χ4n) is 4.24. The van der Waals surface area contributed by atoms with E-state index in [0.717, 1.165) is 18.9 Å². The molecule has 212 valence electrons. The van der Waals surface area contributed by atoms with E-state index in [2.05, 4.69) is 15.3 Å². The van der Waals surface area contributed by atoms with Crippen LogP contribution >= 0.6 is 11.6 Å². The van der Waals surface area contributed by atoms with Crippen molar-refractivity contribution < 1.29 is 37.3 Å². The Morgan fingerprint density at radius 1 is 1.25 bits per heavy atom. The number of nitrogens with one attached hydrogen (secondary N) is 1. The molecular weight excluding hydrogens is 553 g/mol. The van der Waals surface area contributed by atoms with Crippen molar-refractivity contribution in [3.8, 4) is 28.5 Å². The summed E-state index contributed by atoms with van der Waals surface area (Å²) in [6.07, 6.45) is -2.03. The molecule has 1 amide bonds. The van der Waals surface area contributed by atoms with Crippen LogP contribution in [0.1, 0.15) is 41.4 Å². The molecule has 40 heavy (non-hydrogen) atoms. The van der Waals surface area contributed by atoms with E-state index in [1.165, 1.54) is 43.6 Å². The fourth-order valence-corrected chi connectivity index (χ4v) is 4.36. The number of benzene rings is 1. The second kappa shape index (κ2) is 10.1. The standard InChI is InChI=1S/C27H26ClF3N4O5/c1-25(32)13-39-23-17(25)10-20(35-22(23)15-4-8-21(28)33-11-15)26(37,27(29,30)31)12-34-24(36)14-3-7-18(19(9-14)38-2)40-16-5-6-16/h3-4,7-11,16,37H,5-6,12-13,32H2,1-2H3,(H,34,36). The second-order valence-corrected chi connectivity index (χ2v) is 10.4. The van der Waals surface area contributed by atoms with Crippen LogP contribution in [0.2, 0.25) is 5.15 Å². The molecule has 3 heterocycles. The number of carbonyl (C=O) groups excluding carboxylic acids is 1. The molecule has 2 atom stereocenters. The number of aromatic nitrogens is 2. The van der Waals surface area contributed by atoms with Crippen LogP contribution in [-0.4, -0.2) is 53.5 Å². The highest BCUT2D eigenvalue weighted by atomic mass is 35.5. The molecule has 0 saturated heterocycles. The quantitative estimate of drug-likeness (QED) is 0.341. The Morgan fingerprint density at radius 3 is 2.62 bits per heavy atom. The molecule has 1 aliphatic heterocycles. The van der Waals surface area contributed by atoms with Crippen molar-refractivity contribution in [1.29, 1.82) is 0 Å². The number of halogens is 4. The van der Waals surface area contributed by atoms with Crippen LogP contribution in [0, 0.1) is 0 Å². The number of hydrogen-bond acceptors (Lipinski definition) is 8. The Kier molecular flexibility index (Phi) is 7.05. The van der Waals surface area contributed by atoms with Gasteiger partial charge < -0.3 is 30.4 Å². The summed E-state index contributed by atoms with van der Waals surface area (Å²) >= 11 is 5.87. The van der Waals surface area contributed by atoms with Gasteiger partial charge in [0.25, 0.3) is 5.91 Å². The summed E-state index contributed by atoms with van der Waals surface area (Å²) in [4.78, 5) is 21.0. The monoisotopic (exact) mass is 578 g/mol. The molecule has 1 aliphatic carbocycles. The molecule has 1 aromatic carbocycles. The Bertz CT molecular complexity index is 1450. The number of pyridine rings is 2. The first kappa shape index (κ1) is 27.9. The van der Waals surface area contributed by atoms with Crippen LogP contribution in [0.5, 0.6) is 17.2 Å². The Balaban J connectivity index is 1.49. The Hall–Kier alpha value is -3.61. The van der Waals surface area contributed by atoms with E-state index in [1.807, 2.05) is 0 Å². The summed E-state index contributed by atoms with van der Waals surface area (Å²) in [5.41, 5.74) is 1.32. The van der Waals surface area contributed by atoms with Crippen molar-refractivity contribution in [2.45, 2.75) is 43.2 Å². The largest absolute Gasteiger partial charge is 0.493 e. The lowest BCUT2D eigenvalue weighted by Crippen LogP contribution is -2.51. The second-order valence-electron chi connectivity index (χ2n) is 10.0. The third-order valence-corrected chi connectivity index (χ3v) is 6.97. The van der Waals surface area contributed by atoms with Crippen LogP contribution < -0.4 is 25.3 Å². The fraction of sp³-hybridized carbons (Fsp3) is 0.370. The summed E-state index contributed by atoms with van der Waals surface area (Å²) in [6, 6.07) is 8.28. The predicted molar refractivity (Wildman–Crippen MR) is 138 cm³/mol. The highest BCUT2D eigenvalue weighted by molar-refractivity contribution is 6.29. The van der Waals surface area contributed by atoms with E-state index < -0.39 is 35.5 Å². The van der Waals surface area contributed by atoms with Gasteiger partial charge in [0.05, 0.1) is 31.0 Å². The van der Waals surface area contributed by atoms with Crippen molar-refractivity contribution in [1.82, 2.24) is 15.3 Å². The van der Waals surface area contributed by atoms with Gasteiger partial charge in [-0.2, -0.15) is 13.2 Å². The van der Waals surface area contributed by atoms with E-state index in [-0.39, 0.29) is 46.2 Å². The van der Waals surface area contributed by atoms with Gasteiger partial charge in [-0.05, 0) is 56.2 Å². The number of methoxy groups -OCH3 is 1. The molecule has 2 unspecified atom stereocenters. The predicted octanol–water partition coefficient (Wildman–Crippen LogP) is 4.09. The number of nitrogens with zero attached hydrogens (tertiary/aromatic N) is 2. The minimum Gasteiger partial charge on any atom is -0.493 e. The van der Waals surface area contributed by atoms with Gasteiger partial charge >= 0.3 is 6.18 Å². The molecule has 0 bridgehead atoms. The van der Waals surface area contributed by atoms with Gasteiger partial charge in [-0.3, -0.25) is 4.79 Å². The number of fused-ring (bicyclic) bond motifs is 1. The lowest BCUT2D eigenvalue weighted by molar-refractivity contribution is -0.265. The first-order valence-corrected chi connectivity index (χ1v) is 12.7. The van der Waals surface area contributed by atoms with Crippen molar-refractivity contribution in [3.05, 3.63) is 64.6 Å². The first-order valence-electron chi connectivity index (χ1n) is 12.3. The van der Waals surface area contributed by atoms with Gasteiger partial charge in [0.1, 0.15) is 17.5 Å². The molecule has 5 rings (SSSR count).